The smallest absolute Gasteiger partial charge is 0.274 e. The van der Waals surface area contributed by atoms with Gasteiger partial charge < -0.3 is 9.64 Å². The fourth-order valence-corrected chi connectivity index (χ4v) is 3.23. The monoisotopic (exact) mass is 379 g/mol. The van der Waals surface area contributed by atoms with Gasteiger partial charge in [-0.3, -0.25) is 14.8 Å². The molecule has 0 N–H and O–H groups in total. The molecule has 1 amide bonds. The first-order valence-corrected chi connectivity index (χ1v) is 9.00. The van der Waals surface area contributed by atoms with Crippen molar-refractivity contribution >= 4 is 5.91 Å². The maximum Gasteiger partial charge on any atom is 0.274 e. The van der Waals surface area contributed by atoms with Crippen LogP contribution in [0.1, 0.15) is 34.9 Å². The molecular weight excluding hydrogens is 361 g/mol. The van der Waals surface area contributed by atoms with Crippen LogP contribution in [0.5, 0.6) is 11.6 Å². The minimum absolute atomic E-state index is 0.0398. The quantitative estimate of drug-likeness (QED) is 0.692. The van der Waals surface area contributed by atoms with Gasteiger partial charge >= 0.3 is 0 Å². The molecule has 3 heterocycles. The van der Waals surface area contributed by atoms with Gasteiger partial charge in [0.2, 0.25) is 5.88 Å². The maximum absolute atomic E-state index is 13.3. The molecule has 1 aliphatic rings. The molecule has 0 aliphatic carbocycles. The van der Waals surface area contributed by atoms with Crippen LogP contribution in [0.25, 0.3) is 0 Å². The summed E-state index contributed by atoms with van der Waals surface area (Å²) in [6.45, 7) is 1.19. The average Bonchev–Trinajstić information content (AvgIpc) is 2.74. The Balaban J connectivity index is 1.48. The molecule has 8 heteroatoms. The third-order valence-electron chi connectivity index (χ3n) is 4.56. The molecule has 1 atom stereocenters. The van der Waals surface area contributed by atoms with Crippen molar-refractivity contribution in [1.29, 1.82) is 0 Å². The number of hydrogen-bond acceptors (Lipinski definition) is 6. The van der Waals surface area contributed by atoms with Gasteiger partial charge in [-0.05, 0) is 25.0 Å². The summed E-state index contributed by atoms with van der Waals surface area (Å²) in [5.41, 5.74) is 1.07. The van der Waals surface area contributed by atoms with Crippen LogP contribution in [0.4, 0.5) is 4.39 Å². The molecule has 0 bridgehead atoms. The van der Waals surface area contributed by atoms with Crippen molar-refractivity contribution < 1.29 is 13.9 Å². The zero-order valence-electron chi connectivity index (χ0n) is 15.0. The fraction of sp³-hybridized carbons (Fsp3) is 0.250. The number of piperidine rings is 1. The lowest BCUT2D eigenvalue weighted by Gasteiger charge is -2.32. The number of hydrogen-bond donors (Lipinski definition) is 0. The van der Waals surface area contributed by atoms with Gasteiger partial charge in [0.15, 0.2) is 0 Å². The van der Waals surface area contributed by atoms with Crippen molar-refractivity contribution in [2.75, 3.05) is 13.1 Å². The third-order valence-corrected chi connectivity index (χ3v) is 4.56. The number of carbonyl (C=O) groups is 1. The van der Waals surface area contributed by atoms with Crippen molar-refractivity contribution in [3.8, 4) is 11.6 Å². The van der Waals surface area contributed by atoms with Crippen LogP contribution in [0.3, 0.4) is 0 Å². The van der Waals surface area contributed by atoms with Gasteiger partial charge in [-0.2, -0.15) is 0 Å². The lowest BCUT2D eigenvalue weighted by molar-refractivity contribution is 0.0699. The molecular formula is C20H18FN5O2. The number of halogens is 1. The van der Waals surface area contributed by atoms with E-state index in [0.717, 1.165) is 18.5 Å². The first-order valence-electron chi connectivity index (χ1n) is 9.00. The van der Waals surface area contributed by atoms with Gasteiger partial charge in [0, 0.05) is 43.7 Å². The third kappa shape index (κ3) is 4.11. The first-order chi connectivity index (χ1) is 13.7. The lowest BCUT2D eigenvalue weighted by atomic mass is 9.95. The number of aromatic nitrogens is 4. The molecule has 1 fully saturated rings. The van der Waals surface area contributed by atoms with Crippen LogP contribution in [0.15, 0.2) is 55.2 Å². The number of ether oxygens (including phenoxy) is 1. The molecule has 2 aromatic heterocycles. The van der Waals surface area contributed by atoms with Crippen molar-refractivity contribution in [3.05, 3.63) is 72.5 Å². The van der Waals surface area contributed by atoms with Gasteiger partial charge in [-0.15, -0.1) is 0 Å². The Labute approximate surface area is 161 Å². The molecule has 142 valence electrons. The zero-order valence-corrected chi connectivity index (χ0v) is 15.0. The van der Waals surface area contributed by atoms with E-state index in [4.69, 9.17) is 4.74 Å². The summed E-state index contributed by atoms with van der Waals surface area (Å²) in [4.78, 5) is 31.2. The second-order valence-electron chi connectivity index (χ2n) is 6.52. The summed E-state index contributed by atoms with van der Waals surface area (Å²) in [7, 11) is 0. The van der Waals surface area contributed by atoms with E-state index in [1.807, 2.05) is 0 Å². The summed E-state index contributed by atoms with van der Waals surface area (Å²) < 4.78 is 19.0. The van der Waals surface area contributed by atoms with E-state index in [1.165, 1.54) is 36.9 Å². The van der Waals surface area contributed by atoms with Crippen LogP contribution in [-0.2, 0) is 0 Å². The Morgan fingerprint density at radius 3 is 2.93 bits per heavy atom. The summed E-state index contributed by atoms with van der Waals surface area (Å²) in [5.74, 6) is 0.165. The number of nitrogens with zero attached hydrogens (tertiary/aromatic N) is 5. The van der Waals surface area contributed by atoms with Gasteiger partial charge in [-0.1, -0.05) is 6.07 Å². The van der Waals surface area contributed by atoms with Crippen LogP contribution >= 0.6 is 0 Å². The van der Waals surface area contributed by atoms with Crippen molar-refractivity contribution in [2.45, 2.75) is 18.8 Å². The predicted molar refractivity (Wildman–Crippen MR) is 98.4 cm³/mol. The highest BCUT2D eigenvalue weighted by atomic mass is 19.1. The van der Waals surface area contributed by atoms with E-state index < -0.39 is 0 Å². The second-order valence-corrected chi connectivity index (χ2v) is 6.52. The van der Waals surface area contributed by atoms with E-state index in [-0.39, 0.29) is 17.6 Å². The van der Waals surface area contributed by atoms with E-state index in [9.17, 15) is 9.18 Å². The fourth-order valence-electron chi connectivity index (χ4n) is 3.23. The zero-order chi connectivity index (χ0) is 19.3. The predicted octanol–water partition coefficient (Wildman–Crippen LogP) is 3.22. The van der Waals surface area contributed by atoms with Crippen LogP contribution in [-0.4, -0.2) is 43.8 Å². The molecule has 0 unspecified atom stereocenters. The minimum Gasteiger partial charge on any atom is -0.437 e. The van der Waals surface area contributed by atoms with Crippen molar-refractivity contribution in [1.82, 2.24) is 24.8 Å². The lowest BCUT2D eigenvalue weighted by Crippen LogP contribution is -2.39. The molecule has 3 aromatic rings. The first kappa shape index (κ1) is 18.0. The van der Waals surface area contributed by atoms with E-state index in [1.54, 1.807) is 23.2 Å². The Morgan fingerprint density at radius 2 is 2.11 bits per heavy atom. The normalized spacial score (nSPS) is 16.6. The SMILES string of the molecule is O=C(c1cnccn1)N1CCC[C@H](c2cncc(Oc3cccc(F)c3)n2)C1. The Morgan fingerprint density at radius 1 is 1.18 bits per heavy atom. The molecule has 0 spiro atoms. The molecule has 1 aliphatic heterocycles. The van der Waals surface area contributed by atoms with Gasteiger partial charge in [-0.25, -0.2) is 14.4 Å². The topological polar surface area (TPSA) is 81.1 Å². The number of benzene rings is 1. The highest BCUT2D eigenvalue weighted by molar-refractivity contribution is 5.92. The van der Waals surface area contributed by atoms with Gasteiger partial charge in [0.05, 0.1) is 18.1 Å². The summed E-state index contributed by atoms with van der Waals surface area (Å²) in [5, 5.41) is 0. The highest BCUT2D eigenvalue weighted by Gasteiger charge is 2.27. The number of likely N-dealkylation sites (tertiary alicyclic amines) is 1. The molecule has 1 aromatic carbocycles. The van der Waals surface area contributed by atoms with Crippen LogP contribution < -0.4 is 4.74 Å². The Bertz CT molecular complexity index is 970. The van der Waals surface area contributed by atoms with Gasteiger partial charge in [0.1, 0.15) is 17.3 Å². The summed E-state index contributed by atoms with van der Waals surface area (Å²) in [6.07, 6.45) is 9.43. The summed E-state index contributed by atoms with van der Waals surface area (Å²) in [6, 6.07) is 5.86. The Hall–Kier alpha value is -3.42. The molecule has 28 heavy (non-hydrogen) atoms. The number of amides is 1. The van der Waals surface area contributed by atoms with Crippen molar-refractivity contribution in [3.63, 3.8) is 0 Å². The molecule has 4 rings (SSSR count). The molecule has 0 radical (unpaired) electrons. The largest absolute Gasteiger partial charge is 0.437 e. The second kappa shape index (κ2) is 8.08. The minimum atomic E-state index is -0.382. The standard InChI is InChI=1S/C20H18FN5O2/c21-15-4-1-5-16(9-15)28-19-12-23-10-17(25-19)14-3-2-8-26(13-14)20(27)18-11-22-6-7-24-18/h1,4-7,9-12,14H,2-3,8,13H2/t14-/m0/s1. The average molecular weight is 379 g/mol. The number of rotatable bonds is 4. The van der Waals surface area contributed by atoms with Crippen LogP contribution in [0.2, 0.25) is 0 Å². The van der Waals surface area contributed by atoms with E-state index in [2.05, 4.69) is 19.9 Å². The molecule has 1 saturated heterocycles. The maximum atomic E-state index is 13.3. The van der Waals surface area contributed by atoms with E-state index in [0.29, 0.717) is 30.4 Å². The summed E-state index contributed by atoms with van der Waals surface area (Å²) >= 11 is 0. The van der Waals surface area contributed by atoms with E-state index >= 15 is 0 Å². The molecule has 0 saturated carbocycles. The number of carbonyl (C=O) groups excluding carboxylic acids is 1. The van der Waals surface area contributed by atoms with Gasteiger partial charge in [0.25, 0.3) is 5.91 Å². The Kier molecular flexibility index (Phi) is 5.18. The highest BCUT2D eigenvalue weighted by Crippen LogP contribution is 2.28. The van der Waals surface area contributed by atoms with Crippen molar-refractivity contribution in [2.24, 2.45) is 0 Å². The molecule has 7 nitrogen and oxygen atoms in total. The van der Waals surface area contributed by atoms with Crippen LogP contribution in [0, 0.1) is 5.82 Å².